The van der Waals surface area contributed by atoms with Crippen LogP contribution in [0.2, 0.25) is 0 Å². The third-order valence-electron chi connectivity index (χ3n) is 1.92. The predicted octanol–water partition coefficient (Wildman–Crippen LogP) is 3.48. The molecule has 0 aliphatic rings. The Kier molecular flexibility index (Phi) is 5.00. The van der Waals surface area contributed by atoms with E-state index in [4.69, 9.17) is 5.26 Å². The van der Waals surface area contributed by atoms with Crippen molar-refractivity contribution in [3.8, 4) is 6.07 Å². The summed E-state index contributed by atoms with van der Waals surface area (Å²) in [5.41, 5.74) is 1.71. The van der Waals surface area contributed by atoms with Gasteiger partial charge in [0.2, 0.25) is 0 Å². The second-order valence-corrected chi connectivity index (χ2v) is 5.07. The normalized spacial score (nSPS) is 11.9. The molecule has 2 nitrogen and oxygen atoms in total. The van der Waals surface area contributed by atoms with Gasteiger partial charge in [-0.2, -0.15) is 17.0 Å². The number of benzene rings is 1. The third kappa shape index (κ3) is 3.77. The molecule has 0 fully saturated rings. The smallest absolute Gasteiger partial charge is 0.0992 e. The number of anilines is 1. The van der Waals surface area contributed by atoms with E-state index in [0.29, 0.717) is 11.6 Å². The molecule has 0 heterocycles. The lowest BCUT2D eigenvalue weighted by atomic mass is 10.2. The molecule has 4 heteroatoms. The SMILES string of the molecule is CSCC(C)Nc1ccc(C#N)cc1Br. The summed E-state index contributed by atoms with van der Waals surface area (Å²) in [5, 5.41) is 12.1. The highest BCUT2D eigenvalue weighted by atomic mass is 79.9. The summed E-state index contributed by atoms with van der Waals surface area (Å²) < 4.78 is 0.939. The van der Waals surface area contributed by atoms with E-state index in [0.717, 1.165) is 15.9 Å². The topological polar surface area (TPSA) is 35.8 Å². The van der Waals surface area contributed by atoms with Crippen molar-refractivity contribution in [1.29, 1.82) is 5.26 Å². The first-order valence-corrected chi connectivity index (χ1v) is 6.81. The van der Waals surface area contributed by atoms with Crippen molar-refractivity contribution < 1.29 is 0 Å². The van der Waals surface area contributed by atoms with Gasteiger partial charge >= 0.3 is 0 Å². The van der Waals surface area contributed by atoms with Crippen LogP contribution in [0.4, 0.5) is 5.69 Å². The fraction of sp³-hybridized carbons (Fsp3) is 0.364. The minimum atomic E-state index is 0.421. The summed E-state index contributed by atoms with van der Waals surface area (Å²) in [7, 11) is 0. The summed E-state index contributed by atoms with van der Waals surface area (Å²) in [6.45, 7) is 2.14. The molecule has 1 aromatic rings. The first kappa shape index (κ1) is 12.4. The molecule has 0 aliphatic heterocycles. The van der Waals surface area contributed by atoms with Crippen LogP contribution in [0.3, 0.4) is 0 Å². The lowest BCUT2D eigenvalue weighted by molar-refractivity contribution is 0.913. The molecule has 0 amide bonds. The molecular formula is C11H13BrN2S. The number of nitrogens with one attached hydrogen (secondary N) is 1. The maximum Gasteiger partial charge on any atom is 0.0992 e. The Hall–Kier alpha value is -0.660. The van der Waals surface area contributed by atoms with Gasteiger partial charge in [0, 0.05) is 22.0 Å². The first-order valence-electron chi connectivity index (χ1n) is 4.62. The van der Waals surface area contributed by atoms with Gasteiger partial charge in [-0.1, -0.05) is 0 Å². The molecule has 1 N–H and O–H groups in total. The van der Waals surface area contributed by atoms with Crippen molar-refractivity contribution in [1.82, 2.24) is 0 Å². The quantitative estimate of drug-likeness (QED) is 0.920. The standard InChI is InChI=1S/C11H13BrN2S/c1-8(7-15-2)14-11-4-3-9(6-13)5-10(11)12/h3-5,8,14H,7H2,1-2H3. The van der Waals surface area contributed by atoms with E-state index >= 15 is 0 Å². The van der Waals surface area contributed by atoms with Gasteiger partial charge in [-0.3, -0.25) is 0 Å². The number of rotatable bonds is 4. The highest BCUT2D eigenvalue weighted by molar-refractivity contribution is 9.10. The van der Waals surface area contributed by atoms with Gasteiger partial charge < -0.3 is 5.32 Å². The molecule has 1 unspecified atom stereocenters. The van der Waals surface area contributed by atoms with Crippen LogP contribution in [0.15, 0.2) is 22.7 Å². The molecule has 0 spiro atoms. The van der Waals surface area contributed by atoms with Crippen LogP contribution in [0.25, 0.3) is 0 Å². The zero-order valence-electron chi connectivity index (χ0n) is 8.75. The van der Waals surface area contributed by atoms with Gasteiger partial charge in [0.1, 0.15) is 0 Å². The Bertz CT molecular complexity index is 373. The van der Waals surface area contributed by atoms with Crippen LogP contribution < -0.4 is 5.32 Å². The van der Waals surface area contributed by atoms with E-state index < -0.39 is 0 Å². The molecule has 0 aliphatic carbocycles. The van der Waals surface area contributed by atoms with Gasteiger partial charge in [0.25, 0.3) is 0 Å². The molecule has 1 rings (SSSR count). The van der Waals surface area contributed by atoms with Crippen LogP contribution in [0.1, 0.15) is 12.5 Å². The first-order chi connectivity index (χ1) is 7.17. The summed E-state index contributed by atoms with van der Waals surface area (Å²) in [6, 6.07) is 8.11. The van der Waals surface area contributed by atoms with Crippen molar-refractivity contribution in [2.45, 2.75) is 13.0 Å². The molecule has 1 atom stereocenters. The number of hydrogen-bond acceptors (Lipinski definition) is 3. The Balaban J connectivity index is 2.74. The van der Waals surface area contributed by atoms with Crippen LogP contribution in [-0.4, -0.2) is 18.1 Å². The highest BCUT2D eigenvalue weighted by Crippen LogP contribution is 2.24. The van der Waals surface area contributed by atoms with Crippen LogP contribution in [0.5, 0.6) is 0 Å². The number of nitriles is 1. The minimum absolute atomic E-state index is 0.421. The molecule has 1 aromatic carbocycles. The fourth-order valence-electron chi connectivity index (χ4n) is 1.26. The van der Waals surface area contributed by atoms with E-state index in [2.05, 4.69) is 40.5 Å². The van der Waals surface area contributed by atoms with Gasteiger partial charge in [-0.15, -0.1) is 0 Å². The van der Waals surface area contributed by atoms with E-state index in [-0.39, 0.29) is 0 Å². The number of halogens is 1. The largest absolute Gasteiger partial charge is 0.381 e. The Morgan fingerprint density at radius 2 is 2.33 bits per heavy atom. The lowest BCUT2D eigenvalue weighted by Crippen LogP contribution is -2.17. The molecule has 0 saturated heterocycles. The van der Waals surface area contributed by atoms with Crippen LogP contribution in [0, 0.1) is 11.3 Å². The van der Waals surface area contributed by atoms with Crippen molar-refractivity contribution >= 4 is 33.4 Å². The van der Waals surface area contributed by atoms with Crippen molar-refractivity contribution in [3.05, 3.63) is 28.2 Å². The maximum absolute atomic E-state index is 8.72. The zero-order chi connectivity index (χ0) is 11.3. The highest BCUT2D eigenvalue weighted by Gasteiger charge is 2.04. The van der Waals surface area contributed by atoms with E-state index in [1.807, 2.05) is 30.0 Å². The lowest BCUT2D eigenvalue weighted by Gasteiger charge is -2.15. The molecule has 80 valence electrons. The number of thioether (sulfide) groups is 1. The summed E-state index contributed by atoms with van der Waals surface area (Å²) in [4.78, 5) is 0. The molecule has 0 aromatic heterocycles. The molecule has 0 radical (unpaired) electrons. The van der Waals surface area contributed by atoms with Gasteiger partial charge in [0.05, 0.1) is 11.6 Å². The van der Waals surface area contributed by atoms with Gasteiger partial charge in [-0.05, 0) is 47.3 Å². The Morgan fingerprint density at radius 3 is 2.87 bits per heavy atom. The van der Waals surface area contributed by atoms with Gasteiger partial charge in [-0.25, -0.2) is 0 Å². The summed E-state index contributed by atoms with van der Waals surface area (Å²) in [6.07, 6.45) is 2.09. The van der Waals surface area contributed by atoms with Crippen LogP contribution in [-0.2, 0) is 0 Å². The average molecular weight is 285 g/mol. The van der Waals surface area contributed by atoms with E-state index in [9.17, 15) is 0 Å². The number of hydrogen-bond donors (Lipinski definition) is 1. The number of nitrogens with zero attached hydrogens (tertiary/aromatic N) is 1. The van der Waals surface area contributed by atoms with Crippen molar-refractivity contribution in [2.75, 3.05) is 17.3 Å². The second kappa shape index (κ2) is 6.04. The molecular weight excluding hydrogens is 272 g/mol. The summed E-state index contributed by atoms with van der Waals surface area (Å²) in [5.74, 6) is 1.06. The Morgan fingerprint density at radius 1 is 1.60 bits per heavy atom. The van der Waals surface area contributed by atoms with Crippen LogP contribution >= 0.6 is 27.7 Å². The van der Waals surface area contributed by atoms with E-state index in [1.165, 1.54) is 0 Å². The summed E-state index contributed by atoms with van der Waals surface area (Å²) >= 11 is 5.26. The fourth-order valence-corrected chi connectivity index (χ4v) is 2.34. The van der Waals surface area contributed by atoms with Crippen molar-refractivity contribution in [3.63, 3.8) is 0 Å². The zero-order valence-corrected chi connectivity index (χ0v) is 11.2. The molecule has 0 bridgehead atoms. The molecule has 0 saturated carbocycles. The second-order valence-electron chi connectivity index (χ2n) is 3.31. The average Bonchev–Trinajstić information content (AvgIpc) is 2.21. The van der Waals surface area contributed by atoms with Crippen molar-refractivity contribution in [2.24, 2.45) is 0 Å². The molecule has 15 heavy (non-hydrogen) atoms. The predicted molar refractivity (Wildman–Crippen MR) is 70.3 cm³/mol. The maximum atomic E-state index is 8.72. The monoisotopic (exact) mass is 284 g/mol. The van der Waals surface area contributed by atoms with Gasteiger partial charge in [0.15, 0.2) is 0 Å². The third-order valence-corrected chi connectivity index (χ3v) is 3.41. The minimum Gasteiger partial charge on any atom is -0.381 e. The van der Waals surface area contributed by atoms with E-state index in [1.54, 1.807) is 0 Å². The Labute approximate surface area is 103 Å².